The van der Waals surface area contributed by atoms with Gasteiger partial charge in [0, 0.05) is 22.5 Å². The van der Waals surface area contributed by atoms with Crippen molar-refractivity contribution in [1.29, 1.82) is 0 Å². The molecule has 1 atom stereocenters. The van der Waals surface area contributed by atoms with Crippen molar-refractivity contribution in [2.45, 2.75) is 70.3 Å². The number of amides is 1. The molecule has 0 saturated carbocycles. The normalized spacial score (nSPS) is 23.6. The number of methoxy groups -OCH3 is 1. The highest BCUT2D eigenvalue weighted by molar-refractivity contribution is 7.10. The van der Waals surface area contributed by atoms with E-state index in [2.05, 4.69) is 27.3 Å². The minimum atomic E-state index is -0.588. The Hall–Kier alpha value is -1.66. The molecule has 164 valence electrons. The number of fused-ring (bicyclic) bond motifs is 1. The summed E-state index contributed by atoms with van der Waals surface area (Å²) in [6.45, 7) is 6.47. The van der Waals surface area contributed by atoms with Crippen LogP contribution in [0.2, 0.25) is 0 Å². The molecule has 3 aliphatic rings. The number of rotatable bonds is 4. The van der Waals surface area contributed by atoms with Gasteiger partial charge in [-0.15, -0.1) is 11.3 Å². The lowest BCUT2D eigenvalue weighted by Crippen LogP contribution is -2.53. The van der Waals surface area contributed by atoms with E-state index in [1.54, 1.807) is 11.3 Å². The van der Waals surface area contributed by atoms with Crippen LogP contribution in [0.3, 0.4) is 0 Å². The topological polar surface area (TPSA) is 49.9 Å². The zero-order valence-electron chi connectivity index (χ0n) is 18.5. The number of hydrogen-bond donors (Lipinski definition) is 0. The Balaban J connectivity index is 1.41. The summed E-state index contributed by atoms with van der Waals surface area (Å²) in [7, 11) is 1.45. The predicted molar refractivity (Wildman–Crippen MR) is 120 cm³/mol. The van der Waals surface area contributed by atoms with Gasteiger partial charge in [-0.05, 0) is 89.8 Å². The molecule has 0 spiro atoms. The third-order valence-corrected chi connectivity index (χ3v) is 8.35. The summed E-state index contributed by atoms with van der Waals surface area (Å²) in [5.41, 5.74) is 1.54. The summed E-state index contributed by atoms with van der Waals surface area (Å²) < 4.78 is 4.98. The molecule has 2 aliphatic heterocycles. The van der Waals surface area contributed by atoms with Crippen LogP contribution in [0.5, 0.6) is 0 Å². The molecule has 2 saturated heterocycles. The highest BCUT2D eigenvalue weighted by atomic mass is 32.1. The Morgan fingerprint density at radius 1 is 1.07 bits per heavy atom. The van der Waals surface area contributed by atoms with Gasteiger partial charge in [-0.2, -0.15) is 0 Å². The summed E-state index contributed by atoms with van der Waals surface area (Å²) >= 11 is 1.72. The standard InChI is InChI=1S/C24H34N2O3S/c1-24(2,23(28)29-3)25-13-10-18(11-14-25)21-15-19(16-30-21)22(27)26-12-6-8-17-7-4-5-9-20(17)26/h9,15-18H,4-8,10-14H2,1-3H3. The number of esters is 1. The van der Waals surface area contributed by atoms with E-state index in [1.165, 1.54) is 36.9 Å². The zero-order valence-corrected chi connectivity index (χ0v) is 19.3. The lowest BCUT2D eigenvalue weighted by molar-refractivity contribution is -0.153. The van der Waals surface area contributed by atoms with Gasteiger partial charge in [0.05, 0.1) is 12.7 Å². The molecule has 3 heterocycles. The van der Waals surface area contributed by atoms with Crippen molar-refractivity contribution in [3.63, 3.8) is 0 Å². The first-order chi connectivity index (χ1) is 14.4. The number of likely N-dealkylation sites (tertiary alicyclic amines) is 2. The first kappa shape index (κ1) is 21.6. The van der Waals surface area contributed by atoms with Gasteiger partial charge in [-0.25, -0.2) is 0 Å². The van der Waals surface area contributed by atoms with Crippen LogP contribution >= 0.6 is 11.3 Å². The van der Waals surface area contributed by atoms with Gasteiger partial charge in [-0.1, -0.05) is 6.08 Å². The smallest absolute Gasteiger partial charge is 0.325 e. The number of nitrogens with zero attached hydrogens (tertiary/aromatic N) is 2. The van der Waals surface area contributed by atoms with E-state index in [-0.39, 0.29) is 11.9 Å². The van der Waals surface area contributed by atoms with E-state index in [1.807, 2.05) is 13.8 Å². The second kappa shape index (κ2) is 8.83. The van der Waals surface area contributed by atoms with Crippen LogP contribution in [0.15, 0.2) is 23.2 Å². The molecular weight excluding hydrogens is 396 g/mol. The fraction of sp³-hybridized carbons (Fsp3) is 0.667. The Morgan fingerprint density at radius 3 is 2.53 bits per heavy atom. The summed E-state index contributed by atoms with van der Waals surface area (Å²) in [6.07, 6.45) is 10.2. The summed E-state index contributed by atoms with van der Waals surface area (Å²) in [5, 5.41) is 2.05. The van der Waals surface area contributed by atoms with Gasteiger partial charge in [0.25, 0.3) is 5.91 Å². The lowest BCUT2D eigenvalue weighted by Gasteiger charge is -2.40. The Bertz CT molecular complexity index is 820. The molecule has 0 radical (unpaired) electrons. The average Bonchev–Trinajstić information content (AvgIpc) is 3.28. The highest BCUT2D eigenvalue weighted by Crippen LogP contribution is 2.38. The number of carbonyl (C=O) groups excluding carboxylic acids is 2. The quantitative estimate of drug-likeness (QED) is 0.644. The van der Waals surface area contributed by atoms with Crippen molar-refractivity contribution in [3.05, 3.63) is 33.7 Å². The van der Waals surface area contributed by atoms with E-state index in [0.29, 0.717) is 11.8 Å². The van der Waals surface area contributed by atoms with Crippen LogP contribution in [0.1, 0.15) is 79.9 Å². The van der Waals surface area contributed by atoms with E-state index in [4.69, 9.17) is 4.74 Å². The van der Waals surface area contributed by atoms with Crippen LogP contribution in [0.25, 0.3) is 0 Å². The third kappa shape index (κ3) is 4.09. The SMILES string of the molecule is COC(=O)C(C)(C)N1CCC(c2cc(C(=O)N3CCCC4CCCC=C43)cs2)CC1. The molecule has 1 amide bonds. The predicted octanol–water partition coefficient (Wildman–Crippen LogP) is 4.80. The molecule has 1 aromatic heterocycles. The van der Waals surface area contributed by atoms with Gasteiger partial charge >= 0.3 is 5.97 Å². The van der Waals surface area contributed by atoms with Crippen LogP contribution in [0.4, 0.5) is 0 Å². The molecule has 1 unspecified atom stereocenters. The van der Waals surface area contributed by atoms with Gasteiger partial charge in [0.2, 0.25) is 0 Å². The molecular formula is C24H34N2O3S. The Labute approximate surface area is 184 Å². The largest absolute Gasteiger partial charge is 0.468 e. The van der Waals surface area contributed by atoms with E-state index < -0.39 is 5.54 Å². The van der Waals surface area contributed by atoms with E-state index >= 15 is 0 Å². The Morgan fingerprint density at radius 2 is 1.80 bits per heavy atom. The van der Waals surface area contributed by atoms with Crippen molar-refractivity contribution < 1.29 is 14.3 Å². The van der Waals surface area contributed by atoms with Crippen LogP contribution in [-0.2, 0) is 9.53 Å². The minimum absolute atomic E-state index is 0.179. The van der Waals surface area contributed by atoms with Crippen molar-refractivity contribution in [2.24, 2.45) is 5.92 Å². The number of carbonyl (C=O) groups is 2. The fourth-order valence-corrected chi connectivity index (χ4v) is 6.39. The fourth-order valence-electron chi connectivity index (χ4n) is 5.33. The van der Waals surface area contributed by atoms with E-state index in [9.17, 15) is 9.59 Å². The van der Waals surface area contributed by atoms with Gasteiger partial charge < -0.3 is 9.64 Å². The minimum Gasteiger partial charge on any atom is -0.468 e. The molecule has 1 aromatic rings. The van der Waals surface area contributed by atoms with Crippen molar-refractivity contribution in [3.8, 4) is 0 Å². The number of allylic oxidation sites excluding steroid dienone is 2. The number of ether oxygens (including phenoxy) is 1. The molecule has 0 N–H and O–H groups in total. The van der Waals surface area contributed by atoms with Gasteiger partial charge in [0.1, 0.15) is 5.54 Å². The van der Waals surface area contributed by atoms with Crippen molar-refractivity contribution >= 4 is 23.2 Å². The summed E-state index contributed by atoms with van der Waals surface area (Å²) in [4.78, 5) is 31.0. The first-order valence-corrected chi connectivity index (χ1v) is 12.2. The van der Waals surface area contributed by atoms with Gasteiger partial charge in [0.15, 0.2) is 0 Å². The summed E-state index contributed by atoms with van der Waals surface area (Å²) in [5.74, 6) is 1.04. The van der Waals surface area contributed by atoms with Crippen LogP contribution < -0.4 is 0 Å². The van der Waals surface area contributed by atoms with Gasteiger partial charge in [-0.3, -0.25) is 14.5 Å². The zero-order chi connectivity index (χ0) is 21.3. The molecule has 4 rings (SSSR count). The van der Waals surface area contributed by atoms with Crippen molar-refractivity contribution in [1.82, 2.24) is 9.80 Å². The average molecular weight is 431 g/mol. The van der Waals surface area contributed by atoms with E-state index in [0.717, 1.165) is 50.9 Å². The second-order valence-corrected chi connectivity index (χ2v) is 10.3. The maximum Gasteiger partial charge on any atom is 0.325 e. The molecule has 0 aromatic carbocycles. The van der Waals surface area contributed by atoms with Crippen molar-refractivity contribution in [2.75, 3.05) is 26.7 Å². The van der Waals surface area contributed by atoms with Crippen LogP contribution in [0, 0.1) is 5.92 Å². The molecule has 0 bridgehead atoms. The summed E-state index contributed by atoms with van der Waals surface area (Å²) in [6, 6.07) is 2.13. The molecule has 5 nitrogen and oxygen atoms in total. The highest BCUT2D eigenvalue weighted by Gasteiger charge is 2.38. The second-order valence-electron chi connectivity index (χ2n) is 9.41. The molecule has 2 fully saturated rings. The number of hydrogen-bond acceptors (Lipinski definition) is 5. The Kier molecular flexibility index (Phi) is 6.35. The third-order valence-electron chi connectivity index (χ3n) is 7.26. The molecule has 30 heavy (non-hydrogen) atoms. The maximum absolute atomic E-state index is 13.3. The maximum atomic E-state index is 13.3. The number of piperidine rings is 2. The first-order valence-electron chi connectivity index (χ1n) is 11.4. The van der Waals surface area contributed by atoms with Crippen LogP contribution in [-0.4, -0.2) is 54.0 Å². The molecule has 6 heteroatoms. The number of thiophene rings is 1. The monoisotopic (exact) mass is 430 g/mol. The lowest BCUT2D eigenvalue weighted by atomic mass is 9.84. The molecule has 1 aliphatic carbocycles.